The average Bonchev–Trinajstić information content (AvgIpc) is 2.75. The van der Waals surface area contributed by atoms with Crippen molar-refractivity contribution in [2.24, 2.45) is 0 Å². The molecule has 1 aromatic carbocycles. The Morgan fingerprint density at radius 3 is 2.88 bits per heavy atom. The summed E-state index contributed by atoms with van der Waals surface area (Å²) >= 11 is 5.72. The predicted molar refractivity (Wildman–Crippen MR) is 62.6 cm³/mol. The maximum absolute atomic E-state index is 13.1. The van der Waals surface area contributed by atoms with E-state index in [2.05, 4.69) is 11.2 Å². The van der Waals surface area contributed by atoms with Gasteiger partial charge < -0.3 is 0 Å². The van der Waals surface area contributed by atoms with E-state index >= 15 is 0 Å². The SMILES string of the molecule is CCc1c(C#N)cnn1-c1ccc(F)c(Cl)c1. The molecule has 2 aromatic rings. The third-order valence-corrected chi connectivity index (χ3v) is 2.76. The number of nitriles is 1. The van der Waals surface area contributed by atoms with E-state index in [1.54, 1.807) is 10.7 Å². The standard InChI is InChI=1S/C12H9ClFN3/c1-2-12-8(6-15)7-16-17(12)9-3-4-11(14)10(13)5-9/h3-5,7H,2H2,1H3. The summed E-state index contributed by atoms with van der Waals surface area (Å²) in [5.41, 5.74) is 1.96. The van der Waals surface area contributed by atoms with Crippen LogP contribution in [-0.4, -0.2) is 9.78 Å². The Labute approximate surface area is 103 Å². The molecule has 0 amide bonds. The normalized spacial score (nSPS) is 10.2. The zero-order valence-corrected chi connectivity index (χ0v) is 9.87. The zero-order chi connectivity index (χ0) is 12.4. The lowest BCUT2D eigenvalue weighted by Crippen LogP contribution is -2.02. The van der Waals surface area contributed by atoms with Gasteiger partial charge in [-0.15, -0.1) is 0 Å². The van der Waals surface area contributed by atoms with Gasteiger partial charge in [0.1, 0.15) is 11.9 Å². The summed E-state index contributed by atoms with van der Waals surface area (Å²) < 4.78 is 14.7. The molecular formula is C12H9ClFN3. The van der Waals surface area contributed by atoms with E-state index in [9.17, 15) is 4.39 Å². The molecule has 0 aliphatic rings. The summed E-state index contributed by atoms with van der Waals surface area (Å²) in [6, 6.07) is 6.42. The highest BCUT2D eigenvalue weighted by molar-refractivity contribution is 6.30. The predicted octanol–water partition coefficient (Wildman–Crippen LogP) is 3.10. The second-order valence-electron chi connectivity index (χ2n) is 3.48. The van der Waals surface area contributed by atoms with Crippen LogP contribution in [-0.2, 0) is 6.42 Å². The summed E-state index contributed by atoms with van der Waals surface area (Å²) in [5, 5.41) is 13.1. The fourth-order valence-electron chi connectivity index (χ4n) is 1.65. The Kier molecular flexibility index (Phi) is 3.12. The molecule has 0 fully saturated rings. The molecule has 0 spiro atoms. The lowest BCUT2D eigenvalue weighted by molar-refractivity contribution is 0.627. The van der Waals surface area contributed by atoms with Crippen LogP contribution in [0, 0.1) is 17.1 Å². The fraction of sp³-hybridized carbons (Fsp3) is 0.167. The fourth-order valence-corrected chi connectivity index (χ4v) is 1.82. The van der Waals surface area contributed by atoms with Crippen LogP contribution < -0.4 is 0 Å². The Morgan fingerprint density at radius 1 is 1.53 bits per heavy atom. The van der Waals surface area contributed by atoms with E-state index in [0.717, 1.165) is 5.69 Å². The number of nitrogens with zero attached hydrogens (tertiary/aromatic N) is 3. The number of hydrogen-bond donors (Lipinski definition) is 0. The summed E-state index contributed by atoms with van der Waals surface area (Å²) in [5.74, 6) is -0.471. The molecule has 0 bridgehead atoms. The van der Waals surface area contributed by atoms with Gasteiger partial charge in [0.2, 0.25) is 0 Å². The largest absolute Gasteiger partial charge is 0.236 e. The molecule has 0 atom stereocenters. The molecule has 0 saturated carbocycles. The second kappa shape index (κ2) is 4.56. The van der Waals surface area contributed by atoms with Gasteiger partial charge in [-0.2, -0.15) is 10.4 Å². The van der Waals surface area contributed by atoms with Crippen LogP contribution in [0.15, 0.2) is 24.4 Å². The van der Waals surface area contributed by atoms with E-state index in [1.807, 2.05) is 6.92 Å². The van der Waals surface area contributed by atoms with Crippen LogP contribution >= 0.6 is 11.6 Å². The molecule has 2 rings (SSSR count). The van der Waals surface area contributed by atoms with Crippen molar-refractivity contribution < 1.29 is 4.39 Å². The lowest BCUT2D eigenvalue weighted by Gasteiger charge is -2.06. The van der Waals surface area contributed by atoms with E-state index in [1.165, 1.54) is 18.3 Å². The second-order valence-corrected chi connectivity index (χ2v) is 3.89. The molecule has 1 aromatic heterocycles. The van der Waals surface area contributed by atoms with Gasteiger partial charge in [0, 0.05) is 0 Å². The monoisotopic (exact) mass is 249 g/mol. The topological polar surface area (TPSA) is 41.6 Å². The molecule has 0 saturated heterocycles. The van der Waals surface area contributed by atoms with Gasteiger partial charge in [0.25, 0.3) is 0 Å². The van der Waals surface area contributed by atoms with Crippen molar-refractivity contribution in [3.8, 4) is 11.8 Å². The van der Waals surface area contributed by atoms with Crippen molar-refractivity contribution in [1.82, 2.24) is 9.78 Å². The van der Waals surface area contributed by atoms with Crippen LogP contribution in [0.4, 0.5) is 4.39 Å². The minimum absolute atomic E-state index is 0.0403. The van der Waals surface area contributed by atoms with Crippen LogP contribution in [0.1, 0.15) is 18.2 Å². The van der Waals surface area contributed by atoms with Crippen LogP contribution in [0.25, 0.3) is 5.69 Å². The van der Waals surface area contributed by atoms with Gasteiger partial charge in [-0.05, 0) is 24.6 Å². The summed E-state index contributed by atoms with van der Waals surface area (Å²) in [6.45, 7) is 1.93. The maximum atomic E-state index is 13.1. The summed E-state index contributed by atoms with van der Waals surface area (Å²) in [6.07, 6.45) is 2.16. The molecular weight excluding hydrogens is 241 g/mol. The van der Waals surface area contributed by atoms with Crippen LogP contribution in [0.5, 0.6) is 0 Å². The van der Waals surface area contributed by atoms with E-state index in [0.29, 0.717) is 17.7 Å². The molecule has 1 heterocycles. The minimum Gasteiger partial charge on any atom is -0.236 e. The van der Waals surface area contributed by atoms with Gasteiger partial charge in [-0.3, -0.25) is 0 Å². The number of rotatable bonds is 2. The molecule has 0 unspecified atom stereocenters. The highest BCUT2D eigenvalue weighted by Crippen LogP contribution is 2.21. The van der Waals surface area contributed by atoms with Gasteiger partial charge >= 0.3 is 0 Å². The molecule has 86 valence electrons. The number of hydrogen-bond acceptors (Lipinski definition) is 2. The highest BCUT2D eigenvalue weighted by atomic mass is 35.5. The third kappa shape index (κ3) is 2.02. The van der Waals surface area contributed by atoms with E-state index in [-0.39, 0.29) is 5.02 Å². The molecule has 5 heteroatoms. The third-order valence-electron chi connectivity index (χ3n) is 2.47. The zero-order valence-electron chi connectivity index (χ0n) is 9.11. The van der Waals surface area contributed by atoms with Crippen LogP contribution in [0.2, 0.25) is 5.02 Å². The van der Waals surface area contributed by atoms with E-state index < -0.39 is 5.82 Å². The molecule has 0 radical (unpaired) electrons. The first-order valence-electron chi connectivity index (χ1n) is 5.09. The smallest absolute Gasteiger partial charge is 0.141 e. The first kappa shape index (κ1) is 11.6. The van der Waals surface area contributed by atoms with Crippen molar-refractivity contribution in [2.45, 2.75) is 13.3 Å². The molecule has 17 heavy (non-hydrogen) atoms. The molecule has 0 N–H and O–H groups in total. The summed E-state index contributed by atoms with van der Waals surface area (Å²) in [4.78, 5) is 0. The Bertz CT molecular complexity index is 598. The number of halogens is 2. The van der Waals surface area contributed by atoms with Gasteiger partial charge in [-0.1, -0.05) is 18.5 Å². The van der Waals surface area contributed by atoms with Gasteiger partial charge in [0.05, 0.1) is 28.2 Å². The van der Waals surface area contributed by atoms with Crippen molar-refractivity contribution in [3.05, 3.63) is 46.5 Å². The molecule has 3 nitrogen and oxygen atoms in total. The maximum Gasteiger partial charge on any atom is 0.141 e. The quantitative estimate of drug-likeness (QED) is 0.821. The van der Waals surface area contributed by atoms with Gasteiger partial charge in [-0.25, -0.2) is 9.07 Å². The molecule has 0 aliphatic carbocycles. The summed E-state index contributed by atoms with van der Waals surface area (Å²) in [7, 11) is 0. The first-order valence-corrected chi connectivity index (χ1v) is 5.47. The van der Waals surface area contributed by atoms with Crippen molar-refractivity contribution >= 4 is 11.6 Å². The van der Waals surface area contributed by atoms with Crippen molar-refractivity contribution in [2.75, 3.05) is 0 Å². The lowest BCUT2D eigenvalue weighted by atomic mass is 10.2. The Morgan fingerprint density at radius 2 is 2.29 bits per heavy atom. The number of aromatic nitrogens is 2. The Hall–Kier alpha value is -1.86. The molecule has 0 aliphatic heterocycles. The van der Waals surface area contributed by atoms with Crippen molar-refractivity contribution in [1.29, 1.82) is 5.26 Å². The number of benzene rings is 1. The van der Waals surface area contributed by atoms with Crippen LogP contribution in [0.3, 0.4) is 0 Å². The average molecular weight is 250 g/mol. The van der Waals surface area contributed by atoms with Gasteiger partial charge in [0.15, 0.2) is 0 Å². The van der Waals surface area contributed by atoms with Crippen molar-refractivity contribution in [3.63, 3.8) is 0 Å². The van der Waals surface area contributed by atoms with E-state index in [4.69, 9.17) is 16.9 Å². The first-order chi connectivity index (χ1) is 8.17. The Balaban J connectivity index is 2.57. The minimum atomic E-state index is -0.471. The highest BCUT2D eigenvalue weighted by Gasteiger charge is 2.11.